The summed E-state index contributed by atoms with van der Waals surface area (Å²) in [6, 6.07) is 0.0945. The number of rotatable bonds is 7. The van der Waals surface area contributed by atoms with Gasteiger partial charge in [0.2, 0.25) is 11.8 Å². The number of ether oxygens (including phenoxy) is 1. The van der Waals surface area contributed by atoms with Crippen molar-refractivity contribution in [3.63, 3.8) is 0 Å². The Kier molecular flexibility index (Phi) is 6.33. The molecule has 1 aromatic heterocycles. The molecule has 2 heterocycles. The van der Waals surface area contributed by atoms with E-state index in [1.165, 1.54) is 0 Å². The molecule has 0 bridgehead atoms. The van der Waals surface area contributed by atoms with Gasteiger partial charge in [-0.15, -0.1) is 0 Å². The maximum Gasteiger partial charge on any atom is 0.226 e. The third-order valence-electron chi connectivity index (χ3n) is 3.58. The van der Waals surface area contributed by atoms with E-state index in [0.29, 0.717) is 50.4 Å². The Bertz CT molecular complexity index is 469. The first-order chi connectivity index (χ1) is 10.6. The van der Waals surface area contributed by atoms with Crippen LogP contribution in [0.4, 0.5) is 0 Å². The zero-order valence-electron chi connectivity index (χ0n) is 13.7. The Morgan fingerprint density at radius 3 is 2.95 bits per heavy atom. The maximum atomic E-state index is 12.4. The van der Waals surface area contributed by atoms with Gasteiger partial charge in [0.25, 0.3) is 0 Å². The van der Waals surface area contributed by atoms with Gasteiger partial charge in [-0.25, -0.2) is 0 Å². The highest BCUT2D eigenvalue weighted by molar-refractivity contribution is 5.76. The largest absolute Gasteiger partial charge is 0.378 e. The summed E-state index contributed by atoms with van der Waals surface area (Å²) in [4.78, 5) is 18.5. The van der Waals surface area contributed by atoms with Crippen molar-refractivity contribution in [1.29, 1.82) is 0 Å². The first-order valence-corrected chi connectivity index (χ1v) is 7.98. The van der Waals surface area contributed by atoms with Gasteiger partial charge in [0, 0.05) is 32.0 Å². The van der Waals surface area contributed by atoms with Crippen LogP contribution < -0.4 is 5.32 Å². The summed E-state index contributed by atoms with van der Waals surface area (Å²) < 4.78 is 10.6. The summed E-state index contributed by atoms with van der Waals surface area (Å²) in [5.41, 5.74) is 0. The Morgan fingerprint density at radius 1 is 1.50 bits per heavy atom. The maximum absolute atomic E-state index is 12.4. The van der Waals surface area contributed by atoms with Gasteiger partial charge in [0.05, 0.1) is 19.8 Å². The molecule has 0 unspecified atom stereocenters. The number of hydrogen-bond donors (Lipinski definition) is 1. The summed E-state index contributed by atoms with van der Waals surface area (Å²) in [6.45, 7) is 9.28. The molecule has 7 nitrogen and oxygen atoms in total. The van der Waals surface area contributed by atoms with Gasteiger partial charge in [-0.3, -0.25) is 4.79 Å². The number of nitrogens with zero attached hydrogens (tertiary/aromatic N) is 3. The molecule has 1 saturated heterocycles. The molecule has 0 spiro atoms. The summed E-state index contributed by atoms with van der Waals surface area (Å²) in [6.07, 6.45) is 1.20. The normalized spacial score (nSPS) is 18.6. The second-order valence-corrected chi connectivity index (χ2v) is 6.04. The highest BCUT2D eigenvalue weighted by Crippen LogP contribution is 2.09. The predicted molar refractivity (Wildman–Crippen MR) is 81.2 cm³/mol. The fourth-order valence-electron chi connectivity index (χ4n) is 2.42. The lowest BCUT2D eigenvalue weighted by atomic mass is 10.1. The van der Waals surface area contributed by atoms with Crippen molar-refractivity contribution < 1.29 is 14.1 Å². The van der Waals surface area contributed by atoms with Crippen LogP contribution in [-0.2, 0) is 22.5 Å². The van der Waals surface area contributed by atoms with Crippen LogP contribution in [0.15, 0.2) is 4.52 Å². The van der Waals surface area contributed by atoms with Crippen molar-refractivity contribution >= 4 is 5.91 Å². The van der Waals surface area contributed by atoms with Gasteiger partial charge >= 0.3 is 0 Å². The van der Waals surface area contributed by atoms with Crippen molar-refractivity contribution in [2.45, 2.75) is 46.2 Å². The zero-order valence-corrected chi connectivity index (χ0v) is 13.7. The minimum absolute atomic E-state index is 0.0840. The topological polar surface area (TPSA) is 80.5 Å². The average molecular weight is 310 g/mol. The van der Waals surface area contributed by atoms with Crippen LogP contribution in [0.1, 0.15) is 38.9 Å². The van der Waals surface area contributed by atoms with Gasteiger partial charge in [0.15, 0.2) is 5.82 Å². The fourth-order valence-corrected chi connectivity index (χ4v) is 2.42. The van der Waals surface area contributed by atoms with Gasteiger partial charge in [0.1, 0.15) is 0 Å². The molecule has 22 heavy (non-hydrogen) atoms. The highest BCUT2D eigenvalue weighted by atomic mass is 16.5. The first-order valence-electron chi connectivity index (χ1n) is 7.98. The smallest absolute Gasteiger partial charge is 0.226 e. The molecule has 7 heteroatoms. The van der Waals surface area contributed by atoms with Crippen LogP contribution in [0.3, 0.4) is 0 Å². The van der Waals surface area contributed by atoms with Crippen molar-refractivity contribution in [2.24, 2.45) is 5.92 Å². The molecule has 0 radical (unpaired) electrons. The molecule has 1 N–H and O–H groups in total. The molecule has 1 atom stereocenters. The minimum atomic E-state index is 0.0840. The number of amides is 1. The van der Waals surface area contributed by atoms with E-state index in [-0.39, 0.29) is 11.9 Å². The highest BCUT2D eigenvalue weighted by Gasteiger charge is 2.21. The number of carbonyl (C=O) groups excluding carboxylic acids is 1. The average Bonchev–Trinajstić information content (AvgIpc) is 2.92. The summed E-state index contributed by atoms with van der Waals surface area (Å²) in [7, 11) is 0. The third kappa shape index (κ3) is 5.06. The lowest BCUT2D eigenvalue weighted by Gasteiger charge is -2.26. The van der Waals surface area contributed by atoms with Crippen LogP contribution in [0, 0.1) is 5.92 Å². The summed E-state index contributed by atoms with van der Waals surface area (Å²) in [5.74, 6) is 1.75. The monoisotopic (exact) mass is 310 g/mol. The van der Waals surface area contributed by atoms with Crippen LogP contribution >= 0.6 is 0 Å². The van der Waals surface area contributed by atoms with Gasteiger partial charge < -0.3 is 19.5 Å². The standard InChI is InChI=1S/C15H26N4O3/c1-4-19(15(20)8-12-10-21-6-5-16-12)9-13-17-14(22-18-13)7-11(2)3/h11-12,16H,4-10H2,1-3H3/t12-/m0/s1. The van der Waals surface area contributed by atoms with E-state index in [0.717, 1.165) is 13.0 Å². The number of aromatic nitrogens is 2. The number of nitrogens with one attached hydrogen (secondary N) is 1. The quantitative estimate of drug-likeness (QED) is 0.809. The Morgan fingerprint density at radius 2 is 2.32 bits per heavy atom. The molecule has 1 aliphatic rings. The third-order valence-corrected chi connectivity index (χ3v) is 3.58. The molecular formula is C15H26N4O3. The number of carbonyl (C=O) groups is 1. The number of hydrogen-bond acceptors (Lipinski definition) is 6. The summed E-state index contributed by atoms with van der Waals surface area (Å²) >= 11 is 0. The molecule has 124 valence electrons. The molecule has 0 saturated carbocycles. The molecular weight excluding hydrogens is 284 g/mol. The second-order valence-electron chi connectivity index (χ2n) is 6.04. The Balaban J connectivity index is 1.87. The van der Waals surface area contributed by atoms with Crippen LogP contribution in [-0.4, -0.2) is 53.3 Å². The van der Waals surface area contributed by atoms with Crippen LogP contribution in [0.2, 0.25) is 0 Å². The van der Waals surface area contributed by atoms with Gasteiger partial charge in [-0.1, -0.05) is 19.0 Å². The Labute approximate surface area is 131 Å². The minimum Gasteiger partial charge on any atom is -0.378 e. The summed E-state index contributed by atoms with van der Waals surface area (Å²) in [5, 5.41) is 7.26. The van der Waals surface area contributed by atoms with Crippen molar-refractivity contribution in [1.82, 2.24) is 20.4 Å². The fraction of sp³-hybridized carbons (Fsp3) is 0.800. The van der Waals surface area contributed by atoms with E-state index >= 15 is 0 Å². The van der Waals surface area contributed by atoms with Crippen molar-refractivity contribution in [2.75, 3.05) is 26.3 Å². The van der Waals surface area contributed by atoms with Gasteiger partial charge in [-0.2, -0.15) is 4.98 Å². The molecule has 1 amide bonds. The molecule has 1 aliphatic heterocycles. The Hall–Kier alpha value is -1.47. The van der Waals surface area contributed by atoms with Crippen molar-refractivity contribution in [3.05, 3.63) is 11.7 Å². The van der Waals surface area contributed by atoms with Crippen LogP contribution in [0.5, 0.6) is 0 Å². The molecule has 1 aromatic rings. The van der Waals surface area contributed by atoms with E-state index in [2.05, 4.69) is 29.3 Å². The molecule has 0 aromatic carbocycles. The molecule has 2 rings (SSSR count). The zero-order chi connectivity index (χ0) is 15.9. The lowest BCUT2D eigenvalue weighted by Crippen LogP contribution is -2.45. The molecule has 1 fully saturated rings. The number of morpholine rings is 1. The van der Waals surface area contributed by atoms with E-state index in [9.17, 15) is 4.79 Å². The van der Waals surface area contributed by atoms with E-state index in [1.54, 1.807) is 4.90 Å². The van der Waals surface area contributed by atoms with E-state index in [4.69, 9.17) is 9.26 Å². The first kappa shape index (κ1) is 16.9. The van der Waals surface area contributed by atoms with Crippen LogP contribution in [0.25, 0.3) is 0 Å². The van der Waals surface area contributed by atoms with E-state index < -0.39 is 0 Å². The lowest BCUT2D eigenvalue weighted by molar-refractivity contribution is -0.133. The van der Waals surface area contributed by atoms with E-state index in [1.807, 2.05) is 6.92 Å². The predicted octanol–water partition coefficient (Wildman–Crippen LogP) is 0.995. The van der Waals surface area contributed by atoms with Crippen molar-refractivity contribution in [3.8, 4) is 0 Å². The van der Waals surface area contributed by atoms with Gasteiger partial charge in [-0.05, 0) is 12.8 Å². The second kappa shape index (κ2) is 8.24. The SMILES string of the molecule is CCN(Cc1noc(CC(C)C)n1)C(=O)C[C@H]1COCCN1. The molecule has 0 aliphatic carbocycles.